The zero-order chi connectivity index (χ0) is 23.7. The van der Waals surface area contributed by atoms with Gasteiger partial charge in [0.25, 0.3) is 0 Å². The molecule has 1 N–H and O–H groups in total. The number of halogens is 1. The molecule has 0 radical (unpaired) electrons. The van der Waals surface area contributed by atoms with Crippen molar-refractivity contribution in [1.82, 2.24) is 14.9 Å². The summed E-state index contributed by atoms with van der Waals surface area (Å²) in [5.74, 6) is 1.81. The molecule has 2 saturated carbocycles. The quantitative estimate of drug-likeness (QED) is 0.568. The zero-order valence-corrected chi connectivity index (χ0v) is 20.1. The van der Waals surface area contributed by atoms with Gasteiger partial charge >= 0.3 is 0 Å². The minimum atomic E-state index is 0.154. The maximum atomic E-state index is 12.8. The molecule has 3 heterocycles. The molecule has 1 unspecified atom stereocenters. The summed E-state index contributed by atoms with van der Waals surface area (Å²) in [7, 11) is 1.62. The van der Waals surface area contributed by atoms with Crippen LogP contribution in [0.2, 0.25) is 5.15 Å². The second kappa shape index (κ2) is 9.77. The highest BCUT2D eigenvalue weighted by Crippen LogP contribution is 2.45. The fourth-order valence-electron chi connectivity index (χ4n) is 4.77. The topological polar surface area (TPSA) is 94.4 Å². The summed E-state index contributed by atoms with van der Waals surface area (Å²) in [4.78, 5) is 26.1. The minimum absolute atomic E-state index is 0.154. The summed E-state index contributed by atoms with van der Waals surface area (Å²) in [5, 5.41) is 13.8. The molecule has 1 amide bonds. The Hall–Kier alpha value is -2.89. The van der Waals surface area contributed by atoms with E-state index in [0.29, 0.717) is 55.2 Å². The summed E-state index contributed by atoms with van der Waals surface area (Å²) in [6.07, 6.45) is 6.55. The van der Waals surface area contributed by atoms with E-state index in [1.807, 2.05) is 17.0 Å². The number of amides is 1. The molecule has 178 valence electrons. The molecule has 0 spiro atoms. The molecule has 3 aliphatic rings. The van der Waals surface area contributed by atoms with Crippen molar-refractivity contribution in [3.05, 3.63) is 40.8 Å². The van der Waals surface area contributed by atoms with Gasteiger partial charge in [-0.15, -0.1) is 0 Å². The summed E-state index contributed by atoms with van der Waals surface area (Å²) in [6.45, 7) is 2.46. The molecule has 1 atom stereocenters. The Kier molecular flexibility index (Phi) is 6.57. The van der Waals surface area contributed by atoms with Crippen LogP contribution < -0.4 is 10.2 Å². The number of piperazine rings is 1. The van der Waals surface area contributed by atoms with Gasteiger partial charge in [-0.2, -0.15) is 5.26 Å². The normalized spacial score (nSPS) is 20.2. The van der Waals surface area contributed by atoms with Gasteiger partial charge in [-0.05, 0) is 49.8 Å². The maximum Gasteiger partial charge on any atom is 0.225 e. The molecule has 1 aliphatic heterocycles. The molecular weight excluding hydrogens is 452 g/mol. The maximum absolute atomic E-state index is 12.8. The van der Waals surface area contributed by atoms with Gasteiger partial charge < -0.3 is 19.9 Å². The van der Waals surface area contributed by atoms with Gasteiger partial charge in [-0.3, -0.25) is 4.79 Å². The fourth-order valence-corrected chi connectivity index (χ4v) is 4.95. The number of nitriles is 1. The van der Waals surface area contributed by atoms with Crippen LogP contribution in [0.15, 0.2) is 24.4 Å². The molecule has 2 aromatic heterocycles. The number of pyridine rings is 2. The first-order valence-corrected chi connectivity index (χ1v) is 12.3. The lowest BCUT2D eigenvalue weighted by Gasteiger charge is -2.42. The third kappa shape index (κ3) is 4.96. The largest absolute Gasteiger partial charge is 0.384 e. The van der Waals surface area contributed by atoms with Crippen molar-refractivity contribution in [2.24, 2.45) is 5.92 Å². The number of nitrogens with one attached hydrogen (secondary N) is 1. The molecule has 0 aromatic carbocycles. The number of rotatable bonds is 8. The second-order valence-electron chi connectivity index (χ2n) is 9.35. The first kappa shape index (κ1) is 22.9. The van der Waals surface area contributed by atoms with Crippen molar-refractivity contribution >= 4 is 34.7 Å². The predicted octanol–water partition coefficient (Wildman–Crippen LogP) is 4.09. The molecule has 8 nitrogen and oxygen atoms in total. The van der Waals surface area contributed by atoms with E-state index in [0.717, 1.165) is 48.6 Å². The van der Waals surface area contributed by atoms with Crippen molar-refractivity contribution in [2.45, 2.75) is 44.1 Å². The first-order chi connectivity index (χ1) is 16.6. The van der Waals surface area contributed by atoms with Crippen molar-refractivity contribution < 1.29 is 9.53 Å². The smallest absolute Gasteiger partial charge is 0.225 e. The van der Waals surface area contributed by atoms with Crippen LogP contribution in [-0.2, 0) is 9.53 Å². The average Bonchev–Trinajstić information content (AvgIpc) is 3.75. The molecule has 34 heavy (non-hydrogen) atoms. The summed E-state index contributed by atoms with van der Waals surface area (Å²) < 4.78 is 5.12. The van der Waals surface area contributed by atoms with E-state index in [2.05, 4.69) is 21.3 Å². The number of hydrogen-bond acceptors (Lipinski definition) is 7. The van der Waals surface area contributed by atoms with E-state index in [9.17, 15) is 10.1 Å². The van der Waals surface area contributed by atoms with E-state index in [1.54, 1.807) is 19.4 Å². The van der Waals surface area contributed by atoms with Crippen LogP contribution >= 0.6 is 11.6 Å². The monoisotopic (exact) mass is 480 g/mol. The number of ether oxygens (including phenoxy) is 1. The van der Waals surface area contributed by atoms with E-state index in [4.69, 9.17) is 21.3 Å². The Morgan fingerprint density at radius 1 is 1.29 bits per heavy atom. The van der Waals surface area contributed by atoms with E-state index in [1.165, 1.54) is 0 Å². The summed E-state index contributed by atoms with van der Waals surface area (Å²) >= 11 is 6.06. The lowest BCUT2D eigenvalue weighted by molar-refractivity contribution is -0.135. The second-order valence-corrected chi connectivity index (χ2v) is 9.74. The third-order valence-electron chi connectivity index (χ3n) is 6.85. The predicted molar refractivity (Wildman–Crippen MR) is 130 cm³/mol. The van der Waals surface area contributed by atoms with Crippen LogP contribution in [-0.4, -0.2) is 60.2 Å². The molecular formula is C25H29ClN6O2. The van der Waals surface area contributed by atoms with Crippen LogP contribution in [0.5, 0.6) is 0 Å². The highest BCUT2D eigenvalue weighted by atomic mass is 35.5. The molecule has 2 aliphatic carbocycles. The highest BCUT2D eigenvalue weighted by molar-refractivity contribution is 6.29. The number of carbonyl (C=O) groups excluding carboxylic acids is 1. The molecule has 9 heteroatoms. The standard InChI is InChI=1S/C25H29ClN6O2/c1-34-11-7-23(33)32-10-9-31(15-21(32)16-2-3-16)25-18(14-27)12-20(24(30-25)17-4-5-17)29-19-6-8-28-22(26)13-19/h6,8,12-13,16-17,21H,2-5,7,9-11,15H2,1H3,(H,28,29). The first-order valence-electron chi connectivity index (χ1n) is 11.9. The number of methoxy groups -OCH3 is 1. The number of carbonyl (C=O) groups is 1. The van der Waals surface area contributed by atoms with Gasteiger partial charge in [0.05, 0.1) is 36.0 Å². The Morgan fingerprint density at radius 3 is 2.79 bits per heavy atom. The zero-order valence-electron chi connectivity index (χ0n) is 19.3. The average molecular weight is 481 g/mol. The Bertz CT molecular complexity index is 1110. The molecule has 3 fully saturated rings. The summed E-state index contributed by atoms with van der Waals surface area (Å²) in [5.41, 5.74) is 3.19. The fraction of sp³-hybridized carbons (Fsp3) is 0.520. The van der Waals surface area contributed by atoms with Crippen LogP contribution in [0.1, 0.15) is 49.3 Å². The number of nitrogens with zero attached hydrogens (tertiary/aromatic N) is 5. The lowest BCUT2D eigenvalue weighted by Crippen LogP contribution is -2.56. The third-order valence-corrected chi connectivity index (χ3v) is 7.05. The number of aromatic nitrogens is 2. The molecule has 1 saturated heterocycles. The minimum Gasteiger partial charge on any atom is -0.384 e. The van der Waals surface area contributed by atoms with E-state index in [-0.39, 0.29) is 11.9 Å². The van der Waals surface area contributed by atoms with Crippen molar-refractivity contribution in [3.63, 3.8) is 0 Å². The number of hydrogen-bond donors (Lipinski definition) is 1. The van der Waals surface area contributed by atoms with Crippen molar-refractivity contribution in [2.75, 3.05) is 43.6 Å². The van der Waals surface area contributed by atoms with Gasteiger partial charge in [0.1, 0.15) is 17.0 Å². The van der Waals surface area contributed by atoms with Gasteiger partial charge in [0.2, 0.25) is 5.91 Å². The van der Waals surface area contributed by atoms with E-state index < -0.39 is 0 Å². The molecule has 5 rings (SSSR count). The van der Waals surface area contributed by atoms with E-state index >= 15 is 0 Å². The van der Waals surface area contributed by atoms with Crippen LogP contribution in [0.3, 0.4) is 0 Å². The highest BCUT2D eigenvalue weighted by Gasteiger charge is 2.41. The Balaban J connectivity index is 1.42. The Labute approximate surface area is 204 Å². The lowest BCUT2D eigenvalue weighted by atomic mass is 10.0. The van der Waals surface area contributed by atoms with Gasteiger partial charge in [0.15, 0.2) is 0 Å². The van der Waals surface area contributed by atoms with Crippen molar-refractivity contribution in [3.8, 4) is 6.07 Å². The number of anilines is 3. The van der Waals surface area contributed by atoms with Crippen molar-refractivity contribution in [1.29, 1.82) is 5.26 Å². The molecule has 2 aromatic rings. The van der Waals surface area contributed by atoms with Crippen LogP contribution in [0, 0.1) is 17.2 Å². The van der Waals surface area contributed by atoms with Crippen LogP contribution in [0.25, 0.3) is 0 Å². The van der Waals surface area contributed by atoms with Gasteiger partial charge in [-0.1, -0.05) is 11.6 Å². The Morgan fingerprint density at radius 2 is 2.12 bits per heavy atom. The SMILES string of the molecule is COCCC(=O)N1CCN(c2nc(C3CC3)c(Nc3ccnc(Cl)c3)cc2C#N)CC1C1CC1. The summed E-state index contributed by atoms with van der Waals surface area (Å²) in [6, 6.07) is 8.04. The van der Waals surface area contributed by atoms with Gasteiger partial charge in [0, 0.05) is 44.5 Å². The molecule has 0 bridgehead atoms. The van der Waals surface area contributed by atoms with Gasteiger partial charge in [-0.25, -0.2) is 9.97 Å². The van der Waals surface area contributed by atoms with Crippen LogP contribution in [0.4, 0.5) is 17.2 Å².